The summed E-state index contributed by atoms with van der Waals surface area (Å²) in [6.07, 6.45) is -2.74. The molecule has 0 heterocycles. The van der Waals surface area contributed by atoms with Gasteiger partial charge in [-0.2, -0.15) is 13.2 Å². The van der Waals surface area contributed by atoms with Gasteiger partial charge < -0.3 is 16.2 Å². The van der Waals surface area contributed by atoms with E-state index in [9.17, 15) is 22.8 Å². The first-order valence-corrected chi connectivity index (χ1v) is 9.68. The lowest BCUT2D eigenvalue weighted by Crippen LogP contribution is -2.30. The van der Waals surface area contributed by atoms with Crippen LogP contribution in [0.15, 0.2) is 48.5 Å². The number of carbonyl (C=O) groups excluding carboxylic acids is 1. The fourth-order valence-electron chi connectivity index (χ4n) is 3.06. The molecule has 1 atom stereocenters. The van der Waals surface area contributed by atoms with Gasteiger partial charge in [0.2, 0.25) is 5.91 Å². The summed E-state index contributed by atoms with van der Waals surface area (Å²) in [5.41, 5.74) is 6.55. The van der Waals surface area contributed by atoms with Crippen LogP contribution in [0.1, 0.15) is 54.0 Å². The lowest BCUT2D eigenvalue weighted by molar-refractivity contribution is -0.139. The van der Waals surface area contributed by atoms with E-state index in [1.165, 1.54) is 12.1 Å². The molecular weight excluding hydrogens is 411 g/mol. The van der Waals surface area contributed by atoms with Gasteiger partial charge in [-0.3, -0.25) is 15.0 Å². The summed E-state index contributed by atoms with van der Waals surface area (Å²) >= 11 is 0. The van der Waals surface area contributed by atoms with Crippen molar-refractivity contribution in [3.63, 3.8) is 0 Å². The van der Waals surface area contributed by atoms with Crippen LogP contribution in [0.25, 0.3) is 0 Å². The predicted molar refractivity (Wildman–Crippen MR) is 110 cm³/mol. The molecule has 0 saturated carbocycles. The van der Waals surface area contributed by atoms with E-state index in [2.05, 4.69) is 5.32 Å². The number of rotatable bonds is 10. The second-order valence-corrected chi connectivity index (χ2v) is 7.16. The fourth-order valence-corrected chi connectivity index (χ4v) is 3.06. The van der Waals surface area contributed by atoms with E-state index in [0.29, 0.717) is 17.5 Å². The Morgan fingerprint density at radius 3 is 2.16 bits per heavy atom. The second kappa shape index (κ2) is 10.6. The molecular formula is C22H24F3N3O3. The Morgan fingerprint density at radius 2 is 1.65 bits per heavy atom. The molecule has 0 aromatic heterocycles. The highest BCUT2D eigenvalue weighted by atomic mass is 19.4. The van der Waals surface area contributed by atoms with Crippen LogP contribution in [0.5, 0.6) is 0 Å². The van der Waals surface area contributed by atoms with Gasteiger partial charge in [0, 0.05) is 12.0 Å². The standard InChI is InChI=1S/C22H24F3N3O3/c23-22(24,25)17-11-9-15(10-12-17)18(13-20(30)31)28-19(29)4-2-1-3-14-5-7-16(8-6-14)21(26)27/h5-12,18H,1-4,13H2,(H3,26,27)(H,28,29)(H,30,31). The van der Waals surface area contributed by atoms with Gasteiger partial charge >= 0.3 is 12.1 Å². The highest BCUT2D eigenvalue weighted by Gasteiger charge is 2.30. The van der Waals surface area contributed by atoms with Gasteiger partial charge in [0.1, 0.15) is 5.84 Å². The smallest absolute Gasteiger partial charge is 0.416 e. The van der Waals surface area contributed by atoms with Crippen LogP contribution in [0.2, 0.25) is 0 Å². The maximum Gasteiger partial charge on any atom is 0.416 e. The van der Waals surface area contributed by atoms with Crippen LogP contribution in [0.4, 0.5) is 13.2 Å². The molecule has 0 fully saturated rings. The minimum Gasteiger partial charge on any atom is -0.481 e. The number of unbranched alkanes of at least 4 members (excludes halogenated alkanes) is 1. The zero-order valence-corrected chi connectivity index (χ0v) is 16.7. The minimum absolute atomic E-state index is 0.00724. The number of carbonyl (C=O) groups is 2. The maximum atomic E-state index is 12.7. The molecule has 1 unspecified atom stereocenters. The summed E-state index contributed by atoms with van der Waals surface area (Å²) < 4.78 is 38.1. The van der Waals surface area contributed by atoms with Crippen LogP contribution in [0, 0.1) is 5.41 Å². The molecule has 0 saturated heterocycles. The molecule has 0 aliphatic heterocycles. The number of halogens is 3. The average Bonchev–Trinajstić information content (AvgIpc) is 2.70. The van der Waals surface area contributed by atoms with Gasteiger partial charge in [-0.15, -0.1) is 0 Å². The molecule has 0 bridgehead atoms. The van der Waals surface area contributed by atoms with Crippen molar-refractivity contribution in [3.8, 4) is 0 Å². The van der Waals surface area contributed by atoms with Crippen molar-refractivity contribution in [1.29, 1.82) is 5.41 Å². The minimum atomic E-state index is -4.49. The van der Waals surface area contributed by atoms with E-state index in [1.807, 2.05) is 12.1 Å². The number of aliphatic carboxylic acids is 1. The first-order valence-electron chi connectivity index (χ1n) is 9.68. The molecule has 0 spiro atoms. The first kappa shape index (κ1) is 23.9. The number of nitrogens with two attached hydrogens (primary N) is 1. The third-order valence-electron chi connectivity index (χ3n) is 4.74. The molecule has 2 rings (SSSR count). The molecule has 0 aliphatic rings. The normalized spacial score (nSPS) is 12.2. The number of hydrogen-bond donors (Lipinski definition) is 4. The number of carboxylic acid groups (broad SMARTS) is 1. The van der Waals surface area contributed by atoms with Crippen molar-refractivity contribution in [2.24, 2.45) is 5.73 Å². The monoisotopic (exact) mass is 435 g/mol. The quantitative estimate of drug-likeness (QED) is 0.256. The van der Waals surface area contributed by atoms with E-state index in [-0.39, 0.29) is 18.2 Å². The molecule has 5 N–H and O–H groups in total. The molecule has 31 heavy (non-hydrogen) atoms. The van der Waals surface area contributed by atoms with E-state index in [4.69, 9.17) is 16.2 Å². The van der Waals surface area contributed by atoms with Crippen LogP contribution in [-0.4, -0.2) is 22.8 Å². The summed E-state index contributed by atoms with van der Waals surface area (Å²) in [6, 6.07) is 10.4. The van der Waals surface area contributed by atoms with Gasteiger partial charge in [-0.25, -0.2) is 0 Å². The van der Waals surface area contributed by atoms with Crippen molar-refractivity contribution in [2.45, 2.75) is 44.3 Å². The Kier molecular flexibility index (Phi) is 8.18. The van der Waals surface area contributed by atoms with E-state index >= 15 is 0 Å². The summed E-state index contributed by atoms with van der Waals surface area (Å²) in [4.78, 5) is 23.4. The van der Waals surface area contributed by atoms with Crippen molar-refractivity contribution in [1.82, 2.24) is 5.32 Å². The van der Waals surface area contributed by atoms with Crippen molar-refractivity contribution >= 4 is 17.7 Å². The molecule has 9 heteroatoms. The zero-order chi connectivity index (χ0) is 23.0. The summed E-state index contributed by atoms with van der Waals surface area (Å²) in [5, 5.41) is 19.1. The van der Waals surface area contributed by atoms with E-state index in [0.717, 1.165) is 30.5 Å². The van der Waals surface area contributed by atoms with Gasteiger partial charge in [0.25, 0.3) is 0 Å². The third kappa shape index (κ3) is 7.76. The van der Waals surface area contributed by atoms with Gasteiger partial charge in [0.15, 0.2) is 0 Å². The average molecular weight is 435 g/mol. The number of nitrogen functional groups attached to an aromatic ring is 1. The molecule has 0 aliphatic carbocycles. The number of alkyl halides is 3. The number of carboxylic acids is 1. The summed E-state index contributed by atoms with van der Waals surface area (Å²) in [6.45, 7) is 0. The highest BCUT2D eigenvalue weighted by Crippen LogP contribution is 2.30. The van der Waals surface area contributed by atoms with Gasteiger partial charge in [-0.1, -0.05) is 36.4 Å². The topological polar surface area (TPSA) is 116 Å². The van der Waals surface area contributed by atoms with Crippen LogP contribution < -0.4 is 11.1 Å². The number of amidine groups is 1. The van der Waals surface area contributed by atoms with Crippen LogP contribution >= 0.6 is 0 Å². The van der Waals surface area contributed by atoms with E-state index < -0.39 is 30.2 Å². The molecule has 1 amide bonds. The second-order valence-electron chi connectivity index (χ2n) is 7.16. The van der Waals surface area contributed by atoms with Gasteiger partial charge in [0.05, 0.1) is 18.0 Å². The van der Waals surface area contributed by atoms with Crippen molar-refractivity contribution in [3.05, 3.63) is 70.8 Å². The zero-order valence-electron chi connectivity index (χ0n) is 16.7. The lowest BCUT2D eigenvalue weighted by Gasteiger charge is -2.18. The number of benzene rings is 2. The van der Waals surface area contributed by atoms with Crippen molar-refractivity contribution < 1.29 is 27.9 Å². The largest absolute Gasteiger partial charge is 0.481 e. The Balaban J connectivity index is 1.87. The maximum absolute atomic E-state index is 12.7. The number of aryl methyl sites for hydroxylation is 1. The number of amides is 1. The molecule has 2 aromatic rings. The predicted octanol–water partition coefficient (Wildman–Crippen LogP) is 4.03. The number of nitrogens with one attached hydrogen (secondary N) is 2. The van der Waals surface area contributed by atoms with Gasteiger partial charge in [-0.05, 0) is 42.5 Å². The van der Waals surface area contributed by atoms with Crippen LogP contribution in [0.3, 0.4) is 0 Å². The lowest BCUT2D eigenvalue weighted by atomic mass is 10.0. The summed E-state index contributed by atoms with van der Waals surface area (Å²) in [5.74, 6) is -1.54. The fraction of sp³-hybridized carbons (Fsp3) is 0.318. The highest BCUT2D eigenvalue weighted by molar-refractivity contribution is 5.94. The first-order chi connectivity index (χ1) is 14.6. The Hall–Kier alpha value is -3.36. The third-order valence-corrected chi connectivity index (χ3v) is 4.74. The SMILES string of the molecule is N=C(N)c1ccc(CCCCC(=O)NC(CC(=O)O)c2ccc(C(F)(F)F)cc2)cc1. The molecule has 166 valence electrons. The van der Waals surface area contributed by atoms with Crippen LogP contribution in [-0.2, 0) is 22.2 Å². The molecule has 6 nitrogen and oxygen atoms in total. The summed E-state index contributed by atoms with van der Waals surface area (Å²) in [7, 11) is 0. The Bertz CT molecular complexity index is 910. The van der Waals surface area contributed by atoms with Crippen molar-refractivity contribution in [2.75, 3.05) is 0 Å². The Labute approximate surface area is 177 Å². The van der Waals surface area contributed by atoms with E-state index in [1.54, 1.807) is 12.1 Å². The Morgan fingerprint density at radius 1 is 1.03 bits per heavy atom. The molecule has 2 aromatic carbocycles. The number of hydrogen-bond acceptors (Lipinski definition) is 3. The molecule has 0 radical (unpaired) electrons.